The van der Waals surface area contributed by atoms with Crippen LogP contribution in [-0.4, -0.2) is 29.2 Å². The van der Waals surface area contributed by atoms with Crippen LogP contribution in [0.4, 0.5) is 5.13 Å². The van der Waals surface area contributed by atoms with E-state index in [0.29, 0.717) is 45.2 Å². The Hall–Kier alpha value is -2.45. The summed E-state index contributed by atoms with van der Waals surface area (Å²) in [6, 6.07) is 5.15. The van der Waals surface area contributed by atoms with E-state index in [4.69, 9.17) is 21.1 Å². The second kappa shape index (κ2) is 8.06. The van der Waals surface area contributed by atoms with Crippen LogP contribution in [0.25, 0.3) is 0 Å². The summed E-state index contributed by atoms with van der Waals surface area (Å²) in [6.07, 6.45) is 0.455. The maximum atomic E-state index is 12.3. The number of halogens is 1. The van der Waals surface area contributed by atoms with Gasteiger partial charge in [-0.1, -0.05) is 22.9 Å². The number of nitrogens with one attached hydrogen (secondary N) is 1. The maximum Gasteiger partial charge on any atom is 0.350 e. The van der Waals surface area contributed by atoms with Gasteiger partial charge in [0.1, 0.15) is 16.5 Å². The predicted octanol–water partition coefficient (Wildman–Crippen LogP) is 3.85. The van der Waals surface area contributed by atoms with Crippen LogP contribution >= 0.6 is 22.9 Å². The number of benzene rings is 1. The minimum Gasteiger partial charge on any atom is -0.462 e. The molecule has 3 rings (SSSR count). The highest BCUT2D eigenvalue weighted by molar-refractivity contribution is 7.17. The van der Waals surface area contributed by atoms with E-state index in [0.717, 1.165) is 16.9 Å². The molecule has 2 heterocycles. The van der Waals surface area contributed by atoms with Crippen molar-refractivity contribution in [2.45, 2.75) is 27.2 Å². The fraction of sp³-hybridized carbons (Fsp3) is 0.333. The van der Waals surface area contributed by atoms with E-state index in [2.05, 4.69) is 15.5 Å². The van der Waals surface area contributed by atoms with E-state index >= 15 is 0 Å². The first-order valence-corrected chi connectivity index (χ1v) is 9.53. The second-order valence-electron chi connectivity index (χ2n) is 5.95. The van der Waals surface area contributed by atoms with Gasteiger partial charge in [-0.05, 0) is 51.0 Å². The van der Waals surface area contributed by atoms with Gasteiger partial charge in [0, 0.05) is 10.7 Å². The number of hydrogen-bond donors (Lipinski definition) is 1. The molecule has 0 amide bonds. The normalized spacial score (nSPS) is 16.5. The molecule has 0 spiro atoms. The molecule has 7 nitrogen and oxygen atoms in total. The van der Waals surface area contributed by atoms with Gasteiger partial charge in [0.05, 0.1) is 12.3 Å². The molecule has 1 aromatic carbocycles. The molecule has 0 bridgehead atoms. The van der Waals surface area contributed by atoms with Gasteiger partial charge in [0.15, 0.2) is 0 Å². The summed E-state index contributed by atoms with van der Waals surface area (Å²) in [5, 5.41) is 5.29. The Labute approximate surface area is 165 Å². The van der Waals surface area contributed by atoms with Crippen molar-refractivity contribution < 1.29 is 19.1 Å². The van der Waals surface area contributed by atoms with Crippen LogP contribution < -0.4 is 10.2 Å². The minimum atomic E-state index is -0.519. The van der Waals surface area contributed by atoms with Crippen LogP contribution in [-0.2, 0) is 16.0 Å². The molecule has 142 valence electrons. The number of anilines is 1. The molecule has 1 aliphatic heterocycles. The second-order valence-corrected chi connectivity index (χ2v) is 7.38. The van der Waals surface area contributed by atoms with Crippen molar-refractivity contribution in [2.75, 3.05) is 12.0 Å². The molecule has 0 radical (unpaired) electrons. The van der Waals surface area contributed by atoms with Gasteiger partial charge in [-0.15, -0.1) is 0 Å². The largest absolute Gasteiger partial charge is 0.462 e. The minimum absolute atomic E-state index is 0.297. The lowest BCUT2D eigenvalue weighted by Crippen LogP contribution is -2.33. The number of aryl methyl sites for hydroxylation is 1. The highest BCUT2D eigenvalue weighted by Gasteiger charge is 2.31. The summed E-state index contributed by atoms with van der Waals surface area (Å²) in [5.41, 5.74) is 4.78. The zero-order chi connectivity index (χ0) is 19.6. The van der Waals surface area contributed by atoms with Gasteiger partial charge in [-0.2, -0.15) is 5.10 Å². The number of carbonyl (C=O) groups excluding carboxylic acids is 2. The average molecular weight is 408 g/mol. The Morgan fingerprint density at radius 1 is 1.52 bits per heavy atom. The number of thiazole rings is 1. The third-order valence-electron chi connectivity index (χ3n) is 4.03. The number of rotatable bonds is 5. The summed E-state index contributed by atoms with van der Waals surface area (Å²) in [6.45, 7) is 5.51. The molecule has 0 saturated carbocycles. The molecule has 1 aromatic heterocycles. The average Bonchev–Trinajstić information content (AvgIpc) is 3.00. The zero-order valence-corrected chi connectivity index (χ0v) is 16.6. The lowest BCUT2D eigenvalue weighted by molar-refractivity contribution is -0.137. The molecule has 0 saturated heterocycles. The summed E-state index contributed by atoms with van der Waals surface area (Å²) < 4.78 is 10.4. The van der Waals surface area contributed by atoms with E-state index in [-0.39, 0.29) is 5.97 Å². The van der Waals surface area contributed by atoms with Gasteiger partial charge >= 0.3 is 11.9 Å². The zero-order valence-electron chi connectivity index (χ0n) is 15.0. The number of ether oxygens (including phenoxy) is 2. The van der Waals surface area contributed by atoms with E-state index in [9.17, 15) is 9.59 Å². The molecule has 0 aliphatic carbocycles. The van der Waals surface area contributed by atoms with Crippen LogP contribution in [0.5, 0.6) is 5.75 Å². The molecule has 9 heteroatoms. The van der Waals surface area contributed by atoms with Gasteiger partial charge < -0.3 is 9.47 Å². The van der Waals surface area contributed by atoms with Crippen molar-refractivity contribution in [3.05, 3.63) is 39.4 Å². The smallest absolute Gasteiger partial charge is 0.350 e. The molecular formula is C18H18ClN3O4S. The summed E-state index contributed by atoms with van der Waals surface area (Å²) in [5.74, 6) is -0.772. The highest BCUT2D eigenvalue weighted by atomic mass is 35.5. The number of fused-ring (bicyclic) bond motifs is 1. The van der Waals surface area contributed by atoms with E-state index in [1.54, 1.807) is 39.0 Å². The van der Waals surface area contributed by atoms with Gasteiger partial charge in [-0.3, -0.25) is 10.2 Å². The van der Waals surface area contributed by atoms with Gasteiger partial charge in [0.2, 0.25) is 5.13 Å². The van der Waals surface area contributed by atoms with Crippen molar-refractivity contribution in [2.24, 2.45) is 11.0 Å². The number of carbonyl (C=O) groups is 2. The lowest BCUT2D eigenvalue weighted by Gasteiger charge is -2.23. The Kier molecular flexibility index (Phi) is 5.76. The third kappa shape index (κ3) is 4.28. The first-order chi connectivity index (χ1) is 12.9. The first kappa shape index (κ1) is 19.3. The van der Waals surface area contributed by atoms with E-state index < -0.39 is 11.9 Å². The number of esters is 2. The van der Waals surface area contributed by atoms with E-state index in [1.165, 1.54) is 0 Å². The number of nitrogens with zero attached hydrogens (tertiary/aromatic N) is 2. The van der Waals surface area contributed by atoms with Crippen LogP contribution in [0.2, 0.25) is 5.02 Å². The Morgan fingerprint density at radius 3 is 3.04 bits per heavy atom. The van der Waals surface area contributed by atoms with E-state index in [1.807, 2.05) is 0 Å². The number of hydrogen-bond acceptors (Lipinski definition) is 8. The fourth-order valence-corrected chi connectivity index (χ4v) is 3.65. The van der Waals surface area contributed by atoms with Crippen molar-refractivity contribution >= 4 is 45.7 Å². The molecular weight excluding hydrogens is 390 g/mol. The third-order valence-corrected chi connectivity index (χ3v) is 5.31. The molecule has 2 aromatic rings. The standard InChI is InChI=1S/C18H18ClN3O4S/c1-4-25-17(24)15-10(3)20-18(27-15)22-21-9(2)13-8-11-7-12(19)5-6-14(11)26-16(13)23/h5-7,13H,4,8H2,1-3H3,(H,20,22)/b21-9+. The predicted molar refractivity (Wildman–Crippen MR) is 104 cm³/mol. The maximum absolute atomic E-state index is 12.3. The quantitative estimate of drug-likeness (QED) is 0.350. The molecule has 27 heavy (non-hydrogen) atoms. The SMILES string of the molecule is CCOC(=O)c1sc(N/N=C(\C)C2Cc3cc(Cl)ccc3OC2=O)nc1C. The van der Waals surface area contributed by atoms with Crippen LogP contribution in [0, 0.1) is 12.8 Å². The molecule has 1 atom stereocenters. The lowest BCUT2D eigenvalue weighted by atomic mass is 9.93. The first-order valence-electron chi connectivity index (χ1n) is 8.34. The van der Waals surface area contributed by atoms with Gasteiger partial charge in [-0.25, -0.2) is 9.78 Å². The fourth-order valence-electron chi connectivity index (χ4n) is 2.65. The van der Waals surface area contributed by atoms with Crippen LogP contribution in [0.1, 0.15) is 34.8 Å². The Morgan fingerprint density at radius 2 is 2.30 bits per heavy atom. The molecule has 1 N–H and O–H groups in total. The topological polar surface area (TPSA) is 89.9 Å². The summed E-state index contributed by atoms with van der Waals surface area (Å²) >= 11 is 7.17. The van der Waals surface area contributed by atoms with Gasteiger partial charge in [0.25, 0.3) is 0 Å². The number of hydrazone groups is 1. The van der Waals surface area contributed by atoms with Crippen molar-refractivity contribution in [3.8, 4) is 5.75 Å². The van der Waals surface area contributed by atoms with Crippen molar-refractivity contribution in [1.29, 1.82) is 0 Å². The summed E-state index contributed by atoms with van der Waals surface area (Å²) in [4.78, 5) is 28.8. The molecule has 1 unspecified atom stereocenters. The Balaban J connectivity index is 1.73. The highest BCUT2D eigenvalue weighted by Crippen LogP contribution is 2.31. The monoisotopic (exact) mass is 407 g/mol. The number of aromatic nitrogens is 1. The summed E-state index contributed by atoms with van der Waals surface area (Å²) in [7, 11) is 0. The van der Waals surface area contributed by atoms with Crippen LogP contribution in [0.15, 0.2) is 23.3 Å². The van der Waals surface area contributed by atoms with Crippen molar-refractivity contribution in [3.63, 3.8) is 0 Å². The Bertz CT molecular complexity index is 925. The molecule has 0 fully saturated rings. The van der Waals surface area contributed by atoms with Crippen LogP contribution in [0.3, 0.4) is 0 Å². The van der Waals surface area contributed by atoms with Crippen molar-refractivity contribution in [1.82, 2.24) is 4.98 Å². The molecule has 1 aliphatic rings.